The fraction of sp³-hybridized carbons (Fsp3) is 0.364. The summed E-state index contributed by atoms with van der Waals surface area (Å²) in [5.41, 5.74) is 0. The van der Waals surface area contributed by atoms with Gasteiger partial charge in [0.05, 0.1) is 39.3 Å². The predicted octanol–water partition coefficient (Wildman–Crippen LogP) is 5.73. The van der Waals surface area contributed by atoms with Crippen molar-refractivity contribution < 1.29 is 8.97 Å². The van der Waals surface area contributed by atoms with Gasteiger partial charge in [0, 0.05) is 0 Å². The first-order valence-electron chi connectivity index (χ1n) is 8.75. The van der Waals surface area contributed by atoms with Gasteiger partial charge in [-0.1, -0.05) is 39.5 Å². The standard InChI is InChI=1S/C22H34Br2N2/c1-7-15-25(16-8-2,17-9-3)21(23)13-14-22(24)26(18-10-4,19-11-5)20-12-6/h7-14,21-22H,1-6,15-20H2/q+2. The summed E-state index contributed by atoms with van der Waals surface area (Å²) in [6.45, 7) is 28.5. The molecular formula is C22H34Br2N2+2. The van der Waals surface area contributed by atoms with E-state index in [4.69, 9.17) is 0 Å². The number of rotatable bonds is 16. The largest absolute Gasteiger partial charge is 0.299 e. The van der Waals surface area contributed by atoms with Gasteiger partial charge >= 0.3 is 0 Å². The van der Waals surface area contributed by atoms with E-state index in [-0.39, 0.29) is 9.90 Å². The number of hydrogen-bond acceptors (Lipinski definition) is 0. The highest BCUT2D eigenvalue weighted by Crippen LogP contribution is 2.25. The number of quaternary nitrogens is 2. The zero-order valence-corrected chi connectivity index (χ0v) is 19.1. The molecule has 0 saturated carbocycles. The van der Waals surface area contributed by atoms with Crippen LogP contribution in [0.4, 0.5) is 0 Å². The van der Waals surface area contributed by atoms with Crippen molar-refractivity contribution in [1.29, 1.82) is 0 Å². The lowest BCUT2D eigenvalue weighted by Gasteiger charge is -2.41. The monoisotopic (exact) mass is 484 g/mol. The first-order valence-corrected chi connectivity index (χ1v) is 10.6. The summed E-state index contributed by atoms with van der Waals surface area (Å²) >= 11 is 7.74. The first kappa shape index (κ1) is 25.1. The molecule has 0 heterocycles. The number of nitrogens with zero attached hydrogens (tertiary/aromatic N) is 2. The van der Waals surface area contributed by atoms with Crippen molar-refractivity contribution in [2.75, 3.05) is 39.3 Å². The maximum Gasteiger partial charge on any atom is 0.164 e. The van der Waals surface area contributed by atoms with Gasteiger partial charge in [0.2, 0.25) is 0 Å². The van der Waals surface area contributed by atoms with Crippen LogP contribution in [0.2, 0.25) is 0 Å². The van der Waals surface area contributed by atoms with Gasteiger partial charge in [-0.15, -0.1) is 0 Å². The maximum absolute atomic E-state index is 3.93. The molecule has 0 N–H and O–H groups in total. The van der Waals surface area contributed by atoms with E-state index in [0.29, 0.717) is 0 Å². The van der Waals surface area contributed by atoms with E-state index in [9.17, 15) is 0 Å². The van der Waals surface area contributed by atoms with Crippen LogP contribution in [0.25, 0.3) is 0 Å². The third-order valence-electron chi connectivity index (χ3n) is 4.43. The highest BCUT2D eigenvalue weighted by molar-refractivity contribution is 9.09. The normalized spacial score (nSPS) is 14.4. The van der Waals surface area contributed by atoms with Crippen molar-refractivity contribution in [1.82, 2.24) is 0 Å². The van der Waals surface area contributed by atoms with Gasteiger partial charge in [0.1, 0.15) is 0 Å². The molecule has 2 nitrogen and oxygen atoms in total. The summed E-state index contributed by atoms with van der Waals surface area (Å²) in [7, 11) is 0. The Morgan fingerprint density at radius 2 is 0.692 bits per heavy atom. The summed E-state index contributed by atoms with van der Waals surface area (Å²) in [5, 5.41) is 0. The summed E-state index contributed by atoms with van der Waals surface area (Å²) in [6, 6.07) is 0. The van der Waals surface area contributed by atoms with E-state index >= 15 is 0 Å². The molecule has 2 unspecified atom stereocenters. The second kappa shape index (κ2) is 13.3. The van der Waals surface area contributed by atoms with Crippen LogP contribution >= 0.6 is 31.9 Å². The summed E-state index contributed by atoms with van der Waals surface area (Å²) in [4.78, 5) is 0.240. The van der Waals surface area contributed by atoms with E-state index in [1.165, 1.54) is 0 Å². The number of hydrogen-bond donors (Lipinski definition) is 0. The number of halogens is 2. The minimum Gasteiger partial charge on any atom is -0.299 e. The molecule has 0 bridgehead atoms. The van der Waals surface area contributed by atoms with Gasteiger partial charge < -0.3 is 0 Å². The van der Waals surface area contributed by atoms with Gasteiger partial charge in [-0.2, -0.15) is 0 Å². The Hall–Kier alpha value is -0.940. The zero-order chi connectivity index (χ0) is 20.1. The Morgan fingerprint density at radius 1 is 0.500 bits per heavy atom. The van der Waals surface area contributed by atoms with Gasteiger partial charge in [0.25, 0.3) is 0 Å². The predicted molar refractivity (Wildman–Crippen MR) is 125 cm³/mol. The van der Waals surface area contributed by atoms with E-state index in [2.05, 4.69) is 83.5 Å². The number of alkyl halides is 2. The lowest BCUT2D eigenvalue weighted by atomic mass is 10.2. The fourth-order valence-corrected chi connectivity index (χ4v) is 4.50. The minimum absolute atomic E-state index is 0.120. The molecule has 0 aliphatic heterocycles. The van der Waals surface area contributed by atoms with Crippen molar-refractivity contribution in [3.63, 3.8) is 0 Å². The van der Waals surface area contributed by atoms with E-state index in [1.807, 2.05) is 36.5 Å². The van der Waals surface area contributed by atoms with Crippen LogP contribution in [0.3, 0.4) is 0 Å². The molecule has 26 heavy (non-hydrogen) atoms. The van der Waals surface area contributed by atoms with Crippen LogP contribution in [0.5, 0.6) is 0 Å². The molecule has 0 aliphatic carbocycles. The molecule has 0 fully saturated rings. The average Bonchev–Trinajstić information content (AvgIpc) is 2.60. The molecule has 0 rings (SSSR count). The Labute approximate surface area is 177 Å². The molecular weight excluding hydrogens is 452 g/mol. The van der Waals surface area contributed by atoms with Gasteiger partial charge in [-0.05, 0) is 80.5 Å². The van der Waals surface area contributed by atoms with Crippen LogP contribution in [-0.2, 0) is 0 Å². The van der Waals surface area contributed by atoms with Crippen LogP contribution in [-0.4, -0.2) is 58.1 Å². The van der Waals surface area contributed by atoms with Gasteiger partial charge in [-0.25, -0.2) is 0 Å². The molecule has 0 spiro atoms. The molecule has 0 amide bonds. The summed E-state index contributed by atoms with van der Waals surface area (Å²) in [5.74, 6) is 0. The highest BCUT2D eigenvalue weighted by atomic mass is 79.9. The Balaban J connectivity index is 5.66. The Morgan fingerprint density at radius 3 is 0.846 bits per heavy atom. The summed E-state index contributed by atoms with van der Waals surface area (Å²) < 4.78 is 1.52. The van der Waals surface area contributed by atoms with Crippen LogP contribution in [0.1, 0.15) is 0 Å². The topological polar surface area (TPSA) is 0 Å². The molecule has 0 saturated heterocycles. The fourth-order valence-electron chi connectivity index (χ4n) is 3.14. The zero-order valence-electron chi connectivity index (χ0n) is 15.9. The van der Waals surface area contributed by atoms with Crippen molar-refractivity contribution in [3.05, 3.63) is 88.1 Å². The van der Waals surface area contributed by atoms with Crippen LogP contribution in [0, 0.1) is 0 Å². The molecule has 0 aromatic carbocycles. The summed E-state index contributed by atoms with van der Waals surface area (Å²) in [6.07, 6.45) is 16.1. The highest BCUT2D eigenvalue weighted by Gasteiger charge is 2.33. The van der Waals surface area contributed by atoms with E-state index in [1.54, 1.807) is 0 Å². The van der Waals surface area contributed by atoms with Crippen molar-refractivity contribution in [3.8, 4) is 0 Å². The van der Waals surface area contributed by atoms with E-state index in [0.717, 1.165) is 48.2 Å². The Kier molecular flexibility index (Phi) is 12.8. The molecule has 0 radical (unpaired) electrons. The molecule has 0 aromatic heterocycles. The molecule has 0 aromatic rings. The quantitative estimate of drug-likeness (QED) is 0.113. The smallest absolute Gasteiger partial charge is 0.164 e. The van der Waals surface area contributed by atoms with Crippen molar-refractivity contribution in [2.45, 2.75) is 9.90 Å². The molecule has 0 aliphatic rings. The maximum atomic E-state index is 3.93. The first-order chi connectivity index (χ1) is 12.4. The third kappa shape index (κ3) is 6.99. The Bertz CT molecular complexity index is 423. The van der Waals surface area contributed by atoms with Crippen LogP contribution in [0.15, 0.2) is 88.1 Å². The van der Waals surface area contributed by atoms with Gasteiger partial charge in [-0.3, -0.25) is 8.97 Å². The van der Waals surface area contributed by atoms with Gasteiger partial charge in [0.15, 0.2) is 9.90 Å². The van der Waals surface area contributed by atoms with Crippen LogP contribution < -0.4 is 0 Å². The van der Waals surface area contributed by atoms with E-state index < -0.39 is 0 Å². The lowest BCUT2D eigenvalue weighted by Crippen LogP contribution is -2.54. The molecule has 144 valence electrons. The minimum atomic E-state index is 0.120. The molecule has 4 heteroatoms. The second-order valence-electron chi connectivity index (χ2n) is 6.39. The lowest BCUT2D eigenvalue weighted by molar-refractivity contribution is -0.916. The SMILES string of the molecule is C=CC[N+](CC=C)(CC=C)C(Br)C=CC(Br)[N+](CC=C)(CC=C)CC=C. The second-order valence-corrected chi connectivity index (χ2v) is 8.27. The third-order valence-corrected chi connectivity index (χ3v) is 6.78. The van der Waals surface area contributed by atoms with Crippen molar-refractivity contribution in [2.24, 2.45) is 0 Å². The average molecular weight is 486 g/mol. The van der Waals surface area contributed by atoms with Crippen molar-refractivity contribution >= 4 is 31.9 Å². The molecule has 2 atom stereocenters.